The molecule has 1 atom stereocenters. The Hall–Kier alpha value is -2.44. The highest BCUT2D eigenvalue weighted by molar-refractivity contribution is 5.78. The van der Waals surface area contributed by atoms with E-state index in [9.17, 15) is 9.18 Å². The van der Waals surface area contributed by atoms with Crippen molar-refractivity contribution < 1.29 is 13.9 Å². The number of hydrogen-bond acceptors (Lipinski definition) is 4. The van der Waals surface area contributed by atoms with Gasteiger partial charge >= 0.3 is 0 Å². The molecule has 0 aromatic heterocycles. The summed E-state index contributed by atoms with van der Waals surface area (Å²) in [5, 5.41) is 3.09. The van der Waals surface area contributed by atoms with Crippen LogP contribution in [0.4, 0.5) is 4.39 Å². The number of para-hydroxylation sites is 1. The first-order valence-corrected chi connectivity index (χ1v) is 10.2. The summed E-state index contributed by atoms with van der Waals surface area (Å²) in [6.45, 7) is 6.80. The maximum absolute atomic E-state index is 13.1. The van der Waals surface area contributed by atoms with Crippen LogP contribution in [0.15, 0.2) is 48.5 Å². The van der Waals surface area contributed by atoms with E-state index in [1.165, 1.54) is 12.1 Å². The van der Waals surface area contributed by atoms with E-state index in [1.807, 2.05) is 43.3 Å². The van der Waals surface area contributed by atoms with Crippen LogP contribution in [0.3, 0.4) is 0 Å². The topological polar surface area (TPSA) is 44.8 Å². The Labute approximate surface area is 172 Å². The van der Waals surface area contributed by atoms with E-state index in [2.05, 4.69) is 15.1 Å². The molecular weight excluding hydrogens is 369 g/mol. The third-order valence-electron chi connectivity index (χ3n) is 5.35. The number of amides is 1. The Morgan fingerprint density at radius 1 is 1.07 bits per heavy atom. The maximum atomic E-state index is 13.1. The van der Waals surface area contributed by atoms with Crippen LogP contribution in [0, 0.1) is 5.82 Å². The Bertz CT molecular complexity index is 797. The first-order valence-electron chi connectivity index (χ1n) is 10.2. The highest BCUT2D eigenvalue weighted by atomic mass is 19.1. The SMILES string of the molecule is COc1ccccc1C(C)NC(=O)CN1CCCN(Cc2ccc(F)cc2)CC1. The molecule has 1 amide bonds. The van der Waals surface area contributed by atoms with Gasteiger partial charge in [-0.15, -0.1) is 0 Å². The number of nitrogens with one attached hydrogen (secondary N) is 1. The number of hydrogen-bond donors (Lipinski definition) is 1. The summed E-state index contributed by atoms with van der Waals surface area (Å²) < 4.78 is 18.5. The molecule has 5 nitrogen and oxygen atoms in total. The van der Waals surface area contributed by atoms with Crippen LogP contribution in [-0.4, -0.2) is 55.5 Å². The van der Waals surface area contributed by atoms with E-state index in [0.717, 1.165) is 56.0 Å². The molecule has 0 spiro atoms. The molecule has 3 rings (SSSR count). The predicted molar refractivity (Wildman–Crippen MR) is 112 cm³/mol. The number of carbonyl (C=O) groups excluding carboxylic acids is 1. The van der Waals surface area contributed by atoms with Crippen molar-refractivity contribution >= 4 is 5.91 Å². The van der Waals surface area contributed by atoms with Crippen molar-refractivity contribution in [3.05, 3.63) is 65.5 Å². The lowest BCUT2D eigenvalue weighted by molar-refractivity contribution is -0.122. The van der Waals surface area contributed by atoms with Gasteiger partial charge < -0.3 is 10.1 Å². The lowest BCUT2D eigenvalue weighted by atomic mass is 10.1. The second-order valence-corrected chi connectivity index (χ2v) is 7.56. The van der Waals surface area contributed by atoms with Gasteiger partial charge in [-0.2, -0.15) is 0 Å². The van der Waals surface area contributed by atoms with Crippen LogP contribution < -0.4 is 10.1 Å². The Balaban J connectivity index is 1.48. The second-order valence-electron chi connectivity index (χ2n) is 7.56. The number of methoxy groups -OCH3 is 1. The summed E-state index contributed by atoms with van der Waals surface area (Å²) in [5.74, 6) is 0.603. The van der Waals surface area contributed by atoms with Crippen LogP contribution in [0.25, 0.3) is 0 Å². The zero-order valence-electron chi connectivity index (χ0n) is 17.2. The second kappa shape index (κ2) is 10.4. The third kappa shape index (κ3) is 6.27. The van der Waals surface area contributed by atoms with E-state index >= 15 is 0 Å². The molecule has 2 aromatic rings. The van der Waals surface area contributed by atoms with Crippen molar-refractivity contribution in [3.63, 3.8) is 0 Å². The normalized spacial score (nSPS) is 16.8. The van der Waals surface area contributed by atoms with Crippen molar-refractivity contribution in [1.29, 1.82) is 0 Å². The van der Waals surface area contributed by atoms with Gasteiger partial charge in [0.1, 0.15) is 11.6 Å². The zero-order valence-corrected chi connectivity index (χ0v) is 17.2. The summed E-state index contributed by atoms with van der Waals surface area (Å²) >= 11 is 0. The number of benzene rings is 2. The van der Waals surface area contributed by atoms with Gasteiger partial charge in [0, 0.05) is 25.2 Å². The summed E-state index contributed by atoms with van der Waals surface area (Å²) in [7, 11) is 1.64. The number of halogens is 1. The average Bonchev–Trinajstić information content (AvgIpc) is 2.94. The van der Waals surface area contributed by atoms with Crippen LogP contribution >= 0.6 is 0 Å². The van der Waals surface area contributed by atoms with E-state index in [0.29, 0.717) is 6.54 Å². The first-order chi connectivity index (χ1) is 14.0. The fourth-order valence-corrected chi connectivity index (χ4v) is 3.78. The highest BCUT2D eigenvalue weighted by Gasteiger charge is 2.19. The van der Waals surface area contributed by atoms with Gasteiger partial charge in [-0.05, 0) is 50.2 Å². The standard InChI is InChI=1S/C23H30FN3O2/c1-18(21-6-3-4-7-22(21)29-2)25-23(28)17-27-13-5-12-26(14-15-27)16-19-8-10-20(24)11-9-19/h3-4,6-11,18H,5,12-17H2,1-2H3,(H,25,28). The quantitative estimate of drug-likeness (QED) is 0.777. The van der Waals surface area contributed by atoms with Crippen molar-refractivity contribution in [3.8, 4) is 5.75 Å². The molecule has 1 aliphatic rings. The Kier molecular flexibility index (Phi) is 7.61. The zero-order chi connectivity index (χ0) is 20.6. The molecule has 2 aromatic carbocycles. The van der Waals surface area contributed by atoms with Crippen molar-refractivity contribution in [2.45, 2.75) is 25.9 Å². The van der Waals surface area contributed by atoms with Crippen LogP contribution in [0.2, 0.25) is 0 Å². The molecule has 1 unspecified atom stereocenters. The van der Waals surface area contributed by atoms with Crippen molar-refractivity contribution in [2.75, 3.05) is 39.8 Å². The van der Waals surface area contributed by atoms with E-state index < -0.39 is 0 Å². The number of ether oxygens (including phenoxy) is 1. The van der Waals surface area contributed by atoms with Gasteiger partial charge in [0.05, 0.1) is 19.7 Å². The molecule has 1 heterocycles. The molecular formula is C23H30FN3O2. The van der Waals surface area contributed by atoms with Crippen LogP contribution in [0.1, 0.15) is 30.5 Å². The molecule has 29 heavy (non-hydrogen) atoms. The molecule has 6 heteroatoms. The molecule has 0 saturated carbocycles. The van der Waals surface area contributed by atoms with Gasteiger partial charge in [-0.1, -0.05) is 30.3 Å². The van der Waals surface area contributed by atoms with E-state index in [4.69, 9.17) is 4.74 Å². The maximum Gasteiger partial charge on any atom is 0.234 e. The smallest absolute Gasteiger partial charge is 0.234 e. The van der Waals surface area contributed by atoms with Crippen molar-refractivity contribution in [1.82, 2.24) is 15.1 Å². The fraction of sp³-hybridized carbons (Fsp3) is 0.435. The minimum Gasteiger partial charge on any atom is -0.496 e. The third-order valence-corrected chi connectivity index (χ3v) is 5.35. The molecule has 0 bridgehead atoms. The summed E-state index contributed by atoms with van der Waals surface area (Å²) in [5.41, 5.74) is 2.09. The van der Waals surface area contributed by atoms with E-state index in [1.54, 1.807) is 7.11 Å². The molecule has 1 fully saturated rings. The summed E-state index contributed by atoms with van der Waals surface area (Å²) in [6, 6.07) is 14.3. The Morgan fingerprint density at radius 3 is 2.52 bits per heavy atom. The monoisotopic (exact) mass is 399 g/mol. The minimum absolute atomic E-state index is 0.0235. The van der Waals surface area contributed by atoms with Crippen LogP contribution in [-0.2, 0) is 11.3 Å². The summed E-state index contributed by atoms with van der Waals surface area (Å²) in [6.07, 6.45) is 1.01. The fourth-order valence-electron chi connectivity index (χ4n) is 3.78. The average molecular weight is 400 g/mol. The first kappa shape index (κ1) is 21.3. The highest BCUT2D eigenvalue weighted by Crippen LogP contribution is 2.24. The lowest BCUT2D eigenvalue weighted by Gasteiger charge is -2.23. The van der Waals surface area contributed by atoms with E-state index in [-0.39, 0.29) is 17.8 Å². The summed E-state index contributed by atoms with van der Waals surface area (Å²) in [4.78, 5) is 17.1. The molecule has 1 aliphatic heterocycles. The lowest BCUT2D eigenvalue weighted by Crippen LogP contribution is -2.40. The molecule has 0 aliphatic carbocycles. The van der Waals surface area contributed by atoms with Crippen LogP contribution in [0.5, 0.6) is 5.75 Å². The van der Waals surface area contributed by atoms with Gasteiger partial charge in [0.2, 0.25) is 5.91 Å². The molecule has 156 valence electrons. The Morgan fingerprint density at radius 2 is 1.76 bits per heavy atom. The van der Waals surface area contributed by atoms with Gasteiger partial charge in [0.15, 0.2) is 0 Å². The molecule has 1 saturated heterocycles. The number of nitrogens with zero attached hydrogens (tertiary/aromatic N) is 2. The predicted octanol–water partition coefficient (Wildman–Crippen LogP) is 3.22. The number of carbonyl (C=O) groups is 1. The van der Waals surface area contributed by atoms with Gasteiger partial charge in [0.25, 0.3) is 0 Å². The van der Waals surface area contributed by atoms with Gasteiger partial charge in [-0.25, -0.2) is 4.39 Å². The van der Waals surface area contributed by atoms with Crippen molar-refractivity contribution in [2.24, 2.45) is 0 Å². The largest absolute Gasteiger partial charge is 0.496 e. The minimum atomic E-state index is -0.204. The van der Waals surface area contributed by atoms with Gasteiger partial charge in [-0.3, -0.25) is 14.6 Å². The number of rotatable bonds is 7. The molecule has 1 N–H and O–H groups in total. The molecule has 0 radical (unpaired) electrons.